The van der Waals surface area contributed by atoms with Gasteiger partial charge in [-0.1, -0.05) is 6.42 Å². The Morgan fingerprint density at radius 1 is 1.47 bits per heavy atom. The smallest absolute Gasteiger partial charge is 0.144 e. The minimum atomic E-state index is 0.382. The van der Waals surface area contributed by atoms with Crippen LogP contribution in [0.2, 0.25) is 0 Å². The summed E-state index contributed by atoms with van der Waals surface area (Å²) < 4.78 is 5.83. The third-order valence-electron chi connectivity index (χ3n) is 4.32. The molecule has 0 unspecified atom stereocenters. The summed E-state index contributed by atoms with van der Waals surface area (Å²) in [6.45, 7) is 2.90. The van der Waals surface area contributed by atoms with Crippen LogP contribution in [0, 0.1) is 5.41 Å². The first-order chi connectivity index (χ1) is 8.35. The van der Waals surface area contributed by atoms with Crippen molar-refractivity contribution in [2.45, 2.75) is 44.8 Å². The number of anilines is 1. The van der Waals surface area contributed by atoms with Crippen molar-refractivity contribution >= 4 is 5.82 Å². The van der Waals surface area contributed by atoms with Crippen molar-refractivity contribution in [2.24, 2.45) is 5.41 Å². The second kappa shape index (κ2) is 4.26. The van der Waals surface area contributed by atoms with Crippen LogP contribution in [0.15, 0.2) is 18.6 Å². The highest BCUT2D eigenvalue weighted by Gasteiger charge is 2.58. The van der Waals surface area contributed by atoms with E-state index >= 15 is 0 Å². The Bertz CT molecular complexity index is 378. The number of nitrogens with zero attached hydrogens (tertiary/aromatic N) is 2. The zero-order valence-electron chi connectivity index (χ0n) is 10.2. The monoisotopic (exact) mass is 233 g/mol. The van der Waals surface area contributed by atoms with Crippen molar-refractivity contribution in [1.29, 1.82) is 0 Å². The quantitative estimate of drug-likeness (QED) is 0.866. The summed E-state index contributed by atoms with van der Waals surface area (Å²) in [6.07, 6.45) is 10.7. The molecular weight excluding hydrogens is 214 g/mol. The molecule has 3 rings (SSSR count). The van der Waals surface area contributed by atoms with Gasteiger partial charge in [0.25, 0.3) is 0 Å². The van der Waals surface area contributed by atoms with Crippen molar-refractivity contribution in [1.82, 2.24) is 9.97 Å². The van der Waals surface area contributed by atoms with Crippen LogP contribution in [0.25, 0.3) is 0 Å². The van der Waals surface area contributed by atoms with Crippen molar-refractivity contribution in [3.63, 3.8) is 0 Å². The van der Waals surface area contributed by atoms with Gasteiger partial charge in [0.05, 0.1) is 12.3 Å². The molecule has 2 saturated carbocycles. The van der Waals surface area contributed by atoms with Crippen LogP contribution in [0.3, 0.4) is 0 Å². The molecule has 2 aliphatic carbocycles. The summed E-state index contributed by atoms with van der Waals surface area (Å²) in [5.74, 6) is 0.888. The number of aromatic nitrogens is 2. The second-order valence-electron chi connectivity index (χ2n) is 5.05. The Labute approximate surface area is 102 Å². The summed E-state index contributed by atoms with van der Waals surface area (Å²) in [5.41, 5.74) is 0.382. The van der Waals surface area contributed by atoms with Crippen LogP contribution in [-0.2, 0) is 4.74 Å². The molecule has 0 aromatic carbocycles. The van der Waals surface area contributed by atoms with Crippen LogP contribution < -0.4 is 5.32 Å². The van der Waals surface area contributed by atoms with E-state index in [4.69, 9.17) is 4.74 Å². The second-order valence-corrected chi connectivity index (χ2v) is 5.05. The number of rotatable bonds is 4. The van der Waals surface area contributed by atoms with Crippen LogP contribution in [0.5, 0.6) is 0 Å². The van der Waals surface area contributed by atoms with Gasteiger partial charge in [0.15, 0.2) is 0 Å². The molecule has 1 spiro atoms. The topological polar surface area (TPSA) is 47.0 Å². The van der Waals surface area contributed by atoms with Crippen LogP contribution in [0.1, 0.15) is 32.6 Å². The van der Waals surface area contributed by atoms with E-state index < -0.39 is 0 Å². The molecule has 0 saturated heterocycles. The average molecular weight is 233 g/mol. The maximum atomic E-state index is 5.83. The summed E-state index contributed by atoms with van der Waals surface area (Å²) >= 11 is 0. The lowest BCUT2D eigenvalue weighted by Crippen LogP contribution is -2.64. The molecule has 1 heterocycles. The summed E-state index contributed by atoms with van der Waals surface area (Å²) in [6, 6.07) is 0.518. The first-order valence-corrected chi connectivity index (χ1v) is 6.49. The van der Waals surface area contributed by atoms with Crippen molar-refractivity contribution < 1.29 is 4.74 Å². The van der Waals surface area contributed by atoms with Gasteiger partial charge in [-0.25, -0.2) is 4.98 Å². The first-order valence-electron chi connectivity index (χ1n) is 6.49. The van der Waals surface area contributed by atoms with Crippen molar-refractivity contribution in [3.05, 3.63) is 18.6 Å². The van der Waals surface area contributed by atoms with Gasteiger partial charge in [0.1, 0.15) is 5.82 Å². The Hall–Kier alpha value is -1.16. The third kappa shape index (κ3) is 1.71. The normalized spacial score (nSPS) is 29.5. The molecule has 0 amide bonds. The fourth-order valence-electron chi connectivity index (χ4n) is 3.19. The molecule has 0 aliphatic heterocycles. The molecule has 0 radical (unpaired) electrons. The predicted octanol–water partition coefficient (Wildman–Crippen LogP) is 2.24. The highest BCUT2D eigenvalue weighted by molar-refractivity contribution is 5.35. The minimum absolute atomic E-state index is 0.382. The lowest BCUT2D eigenvalue weighted by Gasteiger charge is -2.61. The van der Waals surface area contributed by atoms with Crippen LogP contribution in [-0.4, -0.2) is 28.7 Å². The Balaban J connectivity index is 1.66. The molecule has 92 valence electrons. The van der Waals surface area contributed by atoms with Gasteiger partial charge in [-0.15, -0.1) is 0 Å². The van der Waals surface area contributed by atoms with Crippen molar-refractivity contribution in [2.75, 3.05) is 11.9 Å². The first kappa shape index (κ1) is 11.0. The van der Waals surface area contributed by atoms with Gasteiger partial charge in [-0.2, -0.15) is 0 Å². The van der Waals surface area contributed by atoms with E-state index in [1.54, 1.807) is 18.6 Å². The van der Waals surface area contributed by atoms with Gasteiger partial charge in [-0.3, -0.25) is 4.98 Å². The van der Waals surface area contributed by atoms with Crippen LogP contribution >= 0.6 is 0 Å². The molecule has 0 bridgehead atoms. The molecule has 2 atom stereocenters. The molecule has 4 nitrogen and oxygen atoms in total. The zero-order valence-corrected chi connectivity index (χ0v) is 10.2. The van der Waals surface area contributed by atoms with Gasteiger partial charge >= 0.3 is 0 Å². The molecule has 2 aliphatic rings. The average Bonchev–Trinajstić information content (AvgIpc) is 2.27. The highest BCUT2D eigenvalue weighted by Crippen LogP contribution is 2.57. The number of nitrogens with one attached hydrogen (secondary N) is 1. The molecule has 1 N–H and O–H groups in total. The Kier molecular flexibility index (Phi) is 2.74. The van der Waals surface area contributed by atoms with E-state index in [2.05, 4.69) is 22.2 Å². The predicted molar refractivity (Wildman–Crippen MR) is 65.8 cm³/mol. The maximum absolute atomic E-state index is 5.83. The summed E-state index contributed by atoms with van der Waals surface area (Å²) in [5, 5.41) is 3.51. The van der Waals surface area contributed by atoms with Crippen LogP contribution in [0.4, 0.5) is 5.82 Å². The SMILES string of the molecule is CCO[C@@H]1C[C@@H](Nc2cnccn2)C12CCC2. The lowest BCUT2D eigenvalue weighted by atomic mass is 9.51. The van der Waals surface area contributed by atoms with E-state index in [0.717, 1.165) is 18.8 Å². The number of hydrogen-bond donors (Lipinski definition) is 1. The molecule has 4 heteroatoms. The zero-order chi connectivity index (χ0) is 11.7. The molecule has 1 aromatic rings. The van der Waals surface area contributed by atoms with Gasteiger partial charge in [-0.05, 0) is 26.2 Å². The number of ether oxygens (including phenoxy) is 1. The van der Waals surface area contributed by atoms with Gasteiger partial charge in [0, 0.05) is 30.5 Å². The molecule has 1 aromatic heterocycles. The standard InChI is InChI=1S/C13H19N3O/c1-2-17-11-8-10(13(11)4-3-5-13)16-12-9-14-6-7-15-12/h6-7,9-11H,2-5,8H2,1H3,(H,15,16)/t10-,11-/m1/s1. The van der Waals surface area contributed by atoms with E-state index in [1.165, 1.54) is 19.3 Å². The van der Waals surface area contributed by atoms with E-state index in [1.807, 2.05) is 0 Å². The minimum Gasteiger partial charge on any atom is -0.378 e. The maximum Gasteiger partial charge on any atom is 0.144 e. The highest BCUT2D eigenvalue weighted by atomic mass is 16.5. The molecular formula is C13H19N3O. The summed E-state index contributed by atoms with van der Waals surface area (Å²) in [4.78, 5) is 8.37. The Morgan fingerprint density at radius 3 is 2.94 bits per heavy atom. The van der Waals surface area contributed by atoms with E-state index in [9.17, 15) is 0 Å². The van der Waals surface area contributed by atoms with E-state index in [0.29, 0.717) is 17.6 Å². The molecule has 17 heavy (non-hydrogen) atoms. The lowest BCUT2D eigenvalue weighted by molar-refractivity contribution is -0.157. The summed E-state index contributed by atoms with van der Waals surface area (Å²) in [7, 11) is 0. The Morgan fingerprint density at radius 2 is 2.35 bits per heavy atom. The third-order valence-corrected chi connectivity index (χ3v) is 4.32. The number of hydrogen-bond acceptors (Lipinski definition) is 4. The van der Waals surface area contributed by atoms with Gasteiger partial charge in [0.2, 0.25) is 0 Å². The fourth-order valence-corrected chi connectivity index (χ4v) is 3.19. The van der Waals surface area contributed by atoms with Gasteiger partial charge < -0.3 is 10.1 Å². The van der Waals surface area contributed by atoms with Crippen molar-refractivity contribution in [3.8, 4) is 0 Å². The molecule has 2 fully saturated rings. The van der Waals surface area contributed by atoms with E-state index in [-0.39, 0.29) is 0 Å². The fraction of sp³-hybridized carbons (Fsp3) is 0.692. The largest absolute Gasteiger partial charge is 0.378 e.